The van der Waals surface area contributed by atoms with Crippen LogP contribution in [0.15, 0.2) is 53.7 Å². The first kappa shape index (κ1) is 17.9. The lowest BCUT2D eigenvalue weighted by Gasteiger charge is -2.12. The van der Waals surface area contributed by atoms with E-state index in [1.807, 2.05) is 25.1 Å². The number of halogens is 2. The zero-order valence-corrected chi connectivity index (χ0v) is 15.2. The van der Waals surface area contributed by atoms with Gasteiger partial charge in [0.05, 0.1) is 17.3 Å². The molecule has 0 spiro atoms. The molecule has 130 valence electrons. The first-order valence-corrected chi connectivity index (χ1v) is 9.24. The van der Waals surface area contributed by atoms with Gasteiger partial charge in [-0.2, -0.15) is 0 Å². The number of thioether (sulfide) groups is 1. The molecule has 7 heteroatoms. The van der Waals surface area contributed by atoms with Crippen LogP contribution in [0.5, 0.6) is 0 Å². The van der Waals surface area contributed by atoms with Crippen LogP contribution < -0.4 is 0 Å². The number of aromatic nitrogens is 3. The quantitative estimate of drug-likeness (QED) is 0.435. The Morgan fingerprint density at radius 3 is 2.64 bits per heavy atom. The first-order valence-electron chi connectivity index (χ1n) is 7.88. The van der Waals surface area contributed by atoms with E-state index in [1.54, 1.807) is 28.8 Å². The molecule has 0 bridgehead atoms. The summed E-state index contributed by atoms with van der Waals surface area (Å²) in [6, 6.07) is 13.9. The molecule has 0 aliphatic rings. The zero-order valence-electron chi connectivity index (χ0n) is 13.7. The molecule has 1 heterocycles. The predicted molar refractivity (Wildman–Crippen MR) is 99.0 cm³/mol. The van der Waals surface area contributed by atoms with Gasteiger partial charge in [-0.3, -0.25) is 4.57 Å². The summed E-state index contributed by atoms with van der Waals surface area (Å²) in [7, 11) is 0. The largest absolute Gasteiger partial charge is 0.381 e. The highest BCUT2D eigenvalue weighted by atomic mass is 35.5. The first-order chi connectivity index (χ1) is 12.2. The standard InChI is InChI=1S/C18H17ClFN3OS/c1-2-24-11-12-25-18-22-21-17(13-7-3-4-8-14(13)19)23(18)16-10-6-5-9-15(16)20/h3-10H,2,11-12H2,1H3. The van der Waals surface area contributed by atoms with Crippen molar-refractivity contribution in [3.8, 4) is 17.1 Å². The lowest BCUT2D eigenvalue weighted by molar-refractivity contribution is 0.164. The molecule has 0 aliphatic heterocycles. The second-order valence-corrected chi connectivity index (χ2v) is 6.59. The summed E-state index contributed by atoms with van der Waals surface area (Å²) >= 11 is 7.78. The monoisotopic (exact) mass is 377 g/mol. The van der Waals surface area contributed by atoms with Crippen molar-refractivity contribution < 1.29 is 9.13 Å². The SMILES string of the molecule is CCOCCSc1nnc(-c2ccccc2Cl)n1-c1ccccc1F. The number of rotatable bonds is 7. The lowest BCUT2D eigenvalue weighted by Crippen LogP contribution is -2.04. The molecule has 0 radical (unpaired) electrons. The van der Waals surface area contributed by atoms with Crippen LogP contribution >= 0.6 is 23.4 Å². The van der Waals surface area contributed by atoms with Crippen LogP contribution in [0, 0.1) is 5.82 Å². The van der Waals surface area contributed by atoms with E-state index in [9.17, 15) is 4.39 Å². The minimum Gasteiger partial charge on any atom is -0.381 e. The Balaban J connectivity index is 2.06. The molecule has 0 atom stereocenters. The summed E-state index contributed by atoms with van der Waals surface area (Å²) in [6.07, 6.45) is 0. The highest BCUT2D eigenvalue weighted by Gasteiger charge is 2.19. The molecule has 0 saturated carbocycles. The molecule has 2 aromatic carbocycles. The van der Waals surface area contributed by atoms with Gasteiger partial charge in [0.1, 0.15) is 5.82 Å². The molecule has 1 aromatic heterocycles. The van der Waals surface area contributed by atoms with Crippen LogP contribution in [0.3, 0.4) is 0 Å². The molecular formula is C18H17ClFN3OS. The summed E-state index contributed by atoms with van der Waals surface area (Å²) in [5.41, 5.74) is 1.10. The molecule has 0 unspecified atom stereocenters. The Bertz CT molecular complexity index is 856. The van der Waals surface area contributed by atoms with Gasteiger partial charge in [0.15, 0.2) is 11.0 Å². The Morgan fingerprint density at radius 1 is 1.12 bits per heavy atom. The number of hydrogen-bond acceptors (Lipinski definition) is 4. The Hall–Kier alpha value is -1.89. The average molecular weight is 378 g/mol. The van der Waals surface area contributed by atoms with E-state index in [2.05, 4.69) is 10.2 Å². The molecule has 0 saturated heterocycles. The van der Waals surface area contributed by atoms with Gasteiger partial charge in [-0.05, 0) is 31.2 Å². The van der Waals surface area contributed by atoms with Crippen molar-refractivity contribution >= 4 is 23.4 Å². The summed E-state index contributed by atoms with van der Waals surface area (Å²) in [4.78, 5) is 0. The van der Waals surface area contributed by atoms with Crippen molar-refractivity contribution in [2.24, 2.45) is 0 Å². The summed E-state index contributed by atoms with van der Waals surface area (Å²) in [6.45, 7) is 3.19. The normalized spacial score (nSPS) is 11.0. The molecule has 0 aliphatic carbocycles. The van der Waals surface area contributed by atoms with E-state index in [0.717, 1.165) is 0 Å². The second kappa shape index (κ2) is 8.47. The third-order valence-electron chi connectivity index (χ3n) is 3.50. The van der Waals surface area contributed by atoms with Crippen LogP contribution in [0.4, 0.5) is 4.39 Å². The smallest absolute Gasteiger partial charge is 0.196 e. The van der Waals surface area contributed by atoms with Gasteiger partial charge in [-0.15, -0.1) is 10.2 Å². The van der Waals surface area contributed by atoms with Crippen LogP contribution in [0.1, 0.15) is 6.92 Å². The van der Waals surface area contributed by atoms with E-state index in [0.29, 0.717) is 46.2 Å². The van der Waals surface area contributed by atoms with Crippen LogP contribution in [-0.2, 0) is 4.74 Å². The molecule has 3 aromatic rings. The zero-order chi connectivity index (χ0) is 17.6. The van der Waals surface area contributed by atoms with E-state index in [1.165, 1.54) is 17.8 Å². The van der Waals surface area contributed by atoms with Gasteiger partial charge in [-0.1, -0.05) is 47.6 Å². The van der Waals surface area contributed by atoms with Crippen molar-refractivity contribution in [3.05, 3.63) is 59.4 Å². The van der Waals surface area contributed by atoms with Crippen molar-refractivity contribution in [1.29, 1.82) is 0 Å². The predicted octanol–water partition coefficient (Wildman–Crippen LogP) is 4.86. The van der Waals surface area contributed by atoms with Gasteiger partial charge in [0.25, 0.3) is 0 Å². The number of para-hydroxylation sites is 1. The van der Waals surface area contributed by atoms with Crippen LogP contribution in [0.25, 0.3) is 17.1 Å². The Labute approximate surface area is 155 Å². The van der Waals surface area contributed by atoms with E-state index >= 15 is 0 Å². The molecule has 4 nitrogen and oxygen atoms in total. The highest BCUT2D eigenvalue weighted by molar-refractivity contribution is 7.99. The van der Waals surface area contributed by atoms with Gasteiger partial charge in [0.2, 0.25) is 0 Å². The van der Waals surface area contributed by atoms with E-state index < -0.39 is 0 Å². The van der Waals surface area contributed by atoms with Gasteiger partial charge in [0, 0.05) is 17.9 Å². The number of ether oxygens (including phenoxy) is 1. The molecule has 0 N–H and O–H groups in total. The van der Waals surface area contributed by atoms with Crippen LogP contribution in [-0.4, -0.2) is 33.7 Å². The minimum absolute atomic E-state index is 0.345. The maximum Gasteiger partial charge on any atom is 0.196 e. The fraction of sp³-hybridized carbons (Fsp3) is 0.222. The van der Waals surface area contributed by atoms with E-state index in [4.69, 9.17) is 16.3 Å². The average Bonchev–Trinajstić information content (AvgIpc) is 3.03. The Kier molecular flexibility index (Phi) is 6.07. The van der Waals surface area contributed by atoms with Crippen molar-refractivity contribution in [2.75, 3.05) is 19.0 Å². The maximum absolute atomic E-state index is 14.4. The summed E-state index contributed by atoms with van der Waals surface area (Å²) in [5, 5.41) is 9.64. The summed E-state index contributed by atoms with van der Waals surface area (Å²) in [5.74, 6) is 0.861. The molecular weight excluding hydrogens is 361 g/mol. The lowest BCUT2D eigenvalue weighted by atomic mass is 10.2. The number of hydrogen-bond donors (Lipinski definition) is 0. The topological polar surface area (TPSA) is 39.9 Å². The maximum atomic E-state index is 14.4. The fourth-order valence-corrected chi connectivity index (χ4v) is 3.38. The van der Waals surface area contributed by atoms with Crippen molar-refractivity contribution in [3.63, 3.8) is 0 Å². The van der Waals surface area contributed by atoms with Gasteiger partial charge in [-0.25, -0.2) is 4.39 Å². The molecule has 0 fully saturated rings. The molecule has 0 amide bonds. The fourth-order valence-electron chi connectivity index (χ4n) is 2.37. The van der Waals surface area contributed by atoms with Crippen molar-refractivity contribution in [2.45, 2.75) is 12.1 Å². The Morgan fingerprint density at radius 2 is 1.88 bits per heavy atom. The highest BCUT2D eigenvalue weighted by Crippen LogP contribution is 2.32. The molecule has 3 rings (SSSR count). The van der Waals surface area contributed by atoms with Gasteiger partial charge >= 0.3 is 0 Å². The third kappa shape index (κ3) is 4.03. The number of benzene rings is 2. The minimum atomic E-state index is -0.345. The van der Waals surface area contributed by atoms with Crippen LogP contribution in [0.2, 0.25) is 5.02 Å². The summed E-state index contributed by atoms with van der Waals surface area (Å²) < 4.78 is 21.5. The van der Waals surface area contributed by atoms with Gasteiger partial charge < -0.3 is 4.74 Å². The van der Waals surface area contributed by atoms with Crippen molar-refractivity contribution in [1.82, 2.24) is 14.8 Å². The van der Waals surface area contributed by atoms with E-state index in [-0.39, 0.29) is 5.82 Å². The molecule has 25 heavy (non-hydrogen) atoms. The second-order valence-electron chi connectivity index (χ2n) is 5.12. The third-order valence-corrected chi connectivity index (χ3v) is 4.73. The number of nitrogens with zero attached hydrogens (tertiary/aromatic N) is 3.